The first-order valence-corrected chi connectivity index (χ1v) is 24.3. The molecule has 5 aromatic rings. The zero-order valence-corrected chi connectivity index (χ0v) is 33.0. The maximum Gasteiger partial charge on any atom is 0.416 e. The molecule has 0 atom stereocenters. The fourth-order valence-electron chi connectivity index (χ4n) is 8.49. The molecule has 0 bridgehead atoms. The zero-order chi connectivity index (χ0) is 35.9. The minimum absolute atomic E-state index is 0.584. The lowest BCUT2D eigenvalue weighted by atomic mass is 9.88. The van der Waals surface area contributed by atoms with Gasteiger partial charge in [-0.15, -0.1) is 11.1 Å². The summed E-state index contributed by atoms with van der Waals surface area (Å²) in [6, 6.07) is 28.2. The van der Waals surface area contributed by atoms with Crippen LogP contribution in [-0.2, 0) is 6.18 Å². The molecule has 0 spiro atoms. The van der Waals surface area contributed by atoms with Crippen molar-refractivity contribution in [2.75, 3.05) is 0 Å². The summed E-state index contributed by atoms with van der Waals surface area (Å²) in [7, 11) is -3.79. The van der Waals surface area contributed by atoms with Crippen LogP contribution in [0.25, 0.3) is 43.1 Å². The lowest BCUT2D eigenvalue weighted by Gasteiger charge is -2.25. The van der Waals surface area contributed by atoms with Crippen LogP contribution in [0.3, 0.4) is 0 Å². The highest BCUT2D eigenvalue weighted by molar-refractivity contribution is 6.87. The summed E-state index contributed by atoms with van der Waals surface area (Å²) < 4.78 is 41.9. The summed E-state index contributed by atoms with van der Waals surface area (Å²) in [4.78, 5) is 0. The predicted octanol–water partition coefficient (Wildman–Crippen LogP) is 14.5. The van der Waals surface area contributed by atoms with Crippen molar-refractivity contribution in [1.82, 2.24) is 0 Å². The molecule has 0 N–H and O–H groups in total. The van der Waals surface area contributed by atoms with E-state index in [2.05, 4.69) is 107 Å². The summed E-state index contributed by atoms with van der Waals surface area (Å²) in [5, 5.41) is 7.73. The highest BCUT2D eigenvalue weighted by Gasteiger charge is 2.31. The average Bonchev–Trinajstić information content (AvgIpc) is 3.08. The topological polar surface area (TPSA) is 0 Å². The van der Waals surface area contributed by atoms with Crippen LogP contribution >= 0.6 is 0 Å². The Morgan fingerprint density at radius 3 is 1.14 bits per heavy atom. The van der Waals surface area contributed by atoms with Crippen molar-refractivity contribution < 1.29 is 13.2 Å². The van der Waals surface area contributed by atoms with Crippen LogP contribution < -0.4 is 0 Å². The van der Waals surface area contributed by atoms with Gasteiger partial charge in [-0.1, -0.05) is 122 Å². The molecule has 0 aliphatic rings. The summed E-state index contributed by atoms with van der Waals surface area (Å²) in [6.45, 7) is 13.6. The first kappa shape index (κ1) is 37.7. The monoisotopic (exact) mass is 706 g/mol. The van der Waals surface area contributed by atoms with Crippen molar-refractivity contribution >= 4 is 59.2 Å². The largest absolute Gasteiger partial charge is 0.416 e. The quantitative estimate of drug-likeness (QED) is 0.0688. The van der Waals surface area contributed by atoms with Crippen molar-refractivity contribution in [3.63, 3.8) is 0 Å². The van der Waals surface area contributed by atoms with Gasteiger partial charge in [0.15, 0.2) is 0 Å². The lowest BCUT2D eigenvalue weighted by molar-refractivity contribution is -0.137. The van der Waals surface area contributed by atoms with Gasteiger partial charge in [0.2, 0.25) is 0 Å². The molecule has 0 saturated heterocycles. The molecule has 0 radical (unpaired) electrons. The van der Waals surface area contributed by atoms with Gasteiger partial charge in [0.05, 0.1) is 5.56 Å². The zero-order valence-electron chi connectivity index (χ0n) is 31.0. The van der Waals surface area contributed by atoms with Crippen LogP contribution in [0.15, 0.2) is 66.7 Å². The molecule has 0 amide bonds. The number of halogens is 3. The Morgan fingerprint density at radius 2 is 0.800 bits per heavy atom. The van der Waals surface area contributed by atoms with E-state index in [1.54, 1.807) is 6.07 Å². The molecule has 0 fully saturated rings. The summed E-state index contributed by atoms with van der Waals surface area (Å²) >= 11 is 0. The SMILES string of the molecule is CCC[Si](C#Cc1c2cc3ccccc3cc2c(C#C[Si](CCC)(CCC)CCC)c2cc3cc(C(F)(F)F)ccc3cc12)(CCC)CCC. The standard InChI is InChI=1S/C45H53F3Si2/c1-7-21-49(22-8-2,23-9-3)27-19-39-41-30-34-15-13-14-16-35(34)31-42(41)40(20-28-50(24-10-4,25-11-5)26-12-6)44-33-37-29-38(45(46,47)48)18-17-36(37)32-43(39)44/h13-18,29-33H,7-12,21-26H2,1-6H3. The molecule has 0 aliphatic heterocycles. The number of hydrogen-bond acceptors (Lipinski definition) is 0. The molecule has 0 aromatic heterocycles. The number of alkyl halides is 3. The molecule has 5 heteroatoms. The first-order chi connectivity index (χ1) is 24.1. The molecule has 5 aromatic carbocycles. The van der Waals surface area contributed by atoms with Gasteiger partial charge >= 0.3 is 6.18 Å². The van der Waals surface area contributed by atoms with Crippen LogP contribution in [0, 0.1) is 22.9 Å². The molecule has 0 saturated carbocycles. The van der Waals surface area contributed by atoms with E-state index in [0.717, 1.165) is 87.4 Å². The highest BCUT2D eigenvalue weighted by Crippen LogP contribution is 2.39. The maximum atomic E-state index is 14.0. The molecule has 0 heterocycles. The van der Waals surface area contributed by atoms with Gasteiger partial charge in [-0.05, 0) is 116 Å². The molecule has 50 heavy (non-hydrogen) atoms. The smallest absolute Gasteiger partial charge is 0.166 e. The van der Waals surface area contributed by atoms with E-state index in [0.29, 0.717) is 5.39 Å². The van der Waals surface area contributed by atoms with Gasteiger partial charge in [-0.25, -0.2) is 0 Å². The lowest BCUT2D eigenvalue weighted by Crippen LogP contribution is -2.32. The Hall–Kier alpha value is -3.52. The van der Waals surface area contributed by atoms with Crippen LogP contribution in [0.2, 0.25) is 36.3 Å². The predicted molar refractivity (Wildman–Crippen MR) is 217 cm³/mol. The van der Waals surface area contributed by atoms with E-state index in [4.69, 9.17) is 0 Å². The number of rotatable bonds is 12. The van der Waals surface area contributed by atoms with E-state index >= 15 is 0 Å². The Morgan fingerprint density at radius 1 is 0.460 bits per heavy atom. The Balaban J connectivity index is 1.98. The third kappa shape index (κ3) is 8.01. The van der Waals surface area contributed by atoms with Crippen molar-refractivity contribution in [3.05, 3.63) is 83.4 Å². The number of benzene rings is 5. The number of fused-ring (bicyclic) bond motifs is 4. The normalized spacial score (nSPS) is 12.3. The Kier molecular flexibility index (Phi) is 12.2. The summed E-state index contributed by atoms with van der Waals surface area (Å²) in [5.74, 6) is 7.65. The average molecular weight is 707 g/mol. The van der Waals surface area contributed by atoms with Crippen molar-refractivity contribution in [2.24, 2.45) is 0 Å². The summed E-state index contributed by atoms with van der Waals surface area (Å²) in [5.41, 5.74) is 9.27. The van der Waals surface area contributed by atoms with Crippen LogP contribution in [0.5, 0.6) is 0 Å². The third-order valence-corrected chi connectivity index (χ3v) is 20.6. The Bertz CT molecular complexity index is 2070. The van der Waals surface area contributed by atoms with E-state index in [1.165, 1.54) is 48.4 Å². The molecule has 0 aliphatic carbocycles. The minimum atomic E-state index is -4.41. The second-order valence-electron chi connectivity index (χ2n) is 14.5. The Labute approximate surface area is 300 Å². The molecular weight excluding hydrogens is 654 g/mol. The van der Waals surface area contributed by atoms with E-state index in [-0.39, 0.29) is 0 Å². The first-order valence-electron chi connectivity index (χ1n) is 19.1. The second kappa shape index (κ2) is 16.2. The fourth-order valence-corrected chi connectivity index (χ4v) is 17.3. The molecule has 5 rings (SSSR count). The van der Waals surface area contributed by atoms with Gasteiger partial charge in [-0.3, -0.25) is 0 Å². The van der Waals surface area contributed by atoms with Crippen molar-refractivity contribution in [1.29, 1.82) is 0 Å². The molecular formula is C45H53F3Si2. The molecule has 0 unspecified atom stereocenters. The highest BCUT2D eigenvalue weighted by atomic mass is 28.3. The van der Waals surface area contributed by atoms with Gasteiger partial charge in [0.25, 0.3) is 0 Å². The summed E-state index contributed by atoms with van der Waals surface area (Å²) in [6.07, 6.45) is 2.33. The fraction of sp³-hybridized carbons (Fsp3) is 0.422. The minimum Gasteiger partial charge on any atom is -0.166 e. The van der Waals surface area contributed by atoms with Gasteiger partial charge in [-0.2, -0.15) is 13.2 Å². The second-order valence-corrected chi connectivity index (χ2v) is 23.1. The van der Waals surface area contributed by atoms with Crippen LogP contribution in [0.1, 0.15) is 96.8 Å². The van der Waals surface area contributed by atoms with Gasteiger partial charge < -0.3 is 0 Å². The molecule has 0 nitrogen and oxygen atoms in total. The van der Waals surface area contributed by atoms with Crippen molar-refractivity contribution in [2.45, 2.75) is 123 Å². The van der Waals surface area contributed by atoms with E-state index < -0.39 is 27.9 Å². The van der Waals surface area contributed by atoms with Crippen LogP contribution in [0.4, 0.5) is 13.2 Å². The number of hydrogen-bond donors (Lipinski definition) is 0. The van der Waals surface area contributed by atoms with Gasteiger partial charge in [0.1, 0.15) is 16.1 Å². The van der Waals surface area contributed by atoms with Gasteiger partial charge in [0, 0.05) is 11.1 Å². The molecule has 262 valence electrons. The maximum absolute atomic E-state index is 14.0. The van der Waals surface area contributed by atoms with Crippen molar-refractivity contribution in [3.8, 4) is 22.9 Å². The van der Waals surface area contributed by atoms with Crippen LogP contribution in [-0.4, -0.2) is 16.1 Å². The third-order valence-electron chi connectivity index (χ3n) is 10.5. The van der Waals surface area contributed by atoms with E-state index in [1.807, 2.05) is 6.07 Å². The van der Waals surface area contributed by atoms with E-state index in [9.17, 15) is 13.2 Å².